The molecular weight excluding hydrogens is 418 g/mol. The zero-order valence-electron chi connectivity index (χ0n) is 19.0. The van der Waals surface area contributed by atoms with Crippen molar-refractivity contribution in [1.29, 1.82) is 0 Å². The van der Waals surface area contributed by atoms with Gasteiger partial charge in [-0.15, -0.1) is 0 Å². The third kappa shape index (κ3) is 5.09. The van der Waals surface area contributed by atoms with E-state index in [4.69, 9.17) is 4.74 Å². The zero-order chi connectivity index (χ0) is 23.2. The lowest BCUT2D eigenvalue weighted by atomic mass is 9.93. The number of carbonyl (C=O) groups is 3. The van der Waals surface area contributed by atoms with Crippen molar-refractivity contribution < 1.29 is 19.1 Å². The monoisotopic (exact) mass is 449 g/mol. The lowest BCUT2D eigenvalue weighted by Gasteiger charge is -2.29. The highest BCUT2D eigenvalue weighted by Gasteiger charge is 2.33. The van der Waals surface area contributed by atoms with Crippen LogP contribution in [0.3, 0.4) is 0 Å². The van der Waals surface area contributed by atoms with Crippen LogP contribution in [0.25, 0.3) is 10.8 Å². The SMILES string of the molecule is C=CC(=O)OCCCCCNc1ccc2c3c(cccc13)C(=O)N(CCN1CCCC1)C2=O. The fourth-order valence-electron chi connectivity index (χ4n) is 4.61. The first-order chi connectivity index (χ1) is 16.1. The Bertz CT molecular complexity index is 1040. The van der Waals surface area contributed by atoms with Gasteiger partial charge in [0.25, 0.3) is 11.8 Å². The second-order valence-corrected chi connectivity index (χ2v) is 8.56. The summed E-state index contributed by atoms with van der Waals surface area (Å²) in [4.78, 5) is 41.1. The van der Waals surface area contributed by atoms with Crippen molar-refractivity contribution in [3.05, 3.63) is 54.1 Å². The maximum absolute atomic E-state index is 13.2. The summed E-state index contributed by atoms with van der Waals surface area (Å²) in [5.41, 5.74) is 2.10. The number of likely N-dealkylation sites (tertiary alicyclic amines) is 1. The average Bonchev–Trinajstić information content (AvgIpc) is 3.35. The molecule has 0 atom stereocenters. The Labute approximate surface area is 194 Å². The number of unbranched alkanes of at least 4 members (excludes halogenated alkanes) is 2. The van der Waals surface area contributed by atoms with Gasteiger partial charge in [0.05, 0.1) is 6.61 Å². The van der Waals surface area contributed by atoms with Crippen LogP contribution in [0.15, 0.2) is 43.0 Å². The molecule has 0 bridgehead atoms. The molecule has 0 radical (unpaired) electrons. The summed E-state index contributed by atoms with van der Waals surface area (Å²) < 4.78 is 4.99. The maximum Gasteiger partial charge on any atom is 0.330 e. The van der Waals surface area contributed by atoms with Crippen molar-refractivity contribution in [2.75, 3.05) is 44.6 Å². The van der Waals surface area contributed by atoms with E-state index in [0.29, 0.717) is 24.3 Å². The number of hydrogen-bond donors (Lipinski definition) is 1. The molecule has 0 unspecified atom stereocenters. The Kier molecular flexibility index (Phi) is 7.40. The predicted molar refractivity (Wildman–Crippen MR) is 128 cm³/mol. The van der Waals surface area contributed by atoms with Gasteiger partial charge >= 0.3 is 5.97 Å². The topological polar surface area (TPSA) is 79.0 Å². The molecule has 0 spiro atoms. The molecule has 1 N–H and O–H groups in total. The van der Waals surface area contributed by atoms with Gasteiger partial charge in [0.1, 0.15) is 0 Å². The minimum Gasteiger partial charge on any atom is -0.463 e. The molecule has 0 saturated carbocycles. The van der Waals surface area contributed by atoms with Crippen molar-refractivity contribution in [3.8, 4) is 0 Å². The molecule has 174 valence electrons. The normalized spacial score (nSPS) is 15.8. The van der Waals surface area contributed by atoms with Gasteiger partial charge in [0, 0.05) is 53.3 Å². The Hall–Kier alpha value is -3.19. The van der Waals surface area contributed by atoms with Crippen molar-refractivity contribution in [3.63, 3.8) is 0 Å². The van der Waals surface area contributed by atoms with Gasteiger partial charge in [-0.05, 0) is 63.4 Å². The van der Waals surface area contributed by atoms with Gasteiger partial charge in [-0.2, -0.15) is 0 Å². The van der Waals surface area contributed by atoms with E-state index < -0.39 is 5.97 Å². The van der Waals surface area contributed by atoms with E-state index in [1.165, 1.54) is 23.8 Å². The summed E-state index contributed by atoms with van der Waals surface area (Å²) in [6.07, 6.45) is 6.16. The number of benzene rings is 2. The average molecular weight is 450 g/mol. The third-order valence-corrected chi connectivity index (χ3v) is 6.38. The summed E-state index contributed by atoms with van der Waals surface area (Å²) in [6.45, 7) is 7.75. The summed E-state index contributed by atoms with van der Waals surface area (Å²) in [5, 5.41) is 5.07. The van der Waals surface area contributed by atoms with Crippen LogP contribution in [0, 0.1) is 0 Å². The summed E-state index contributed by atoms with van der Waals surface area (Å²) >= 11 is 0. The highest BCUT2D eigenvalue weighted by molar-refractivity contribution is 6.26. The van der Waals surface area contributed by atoms with Crippen LogP contribution >= 0.6 is 0 Å². The number of anilines is 1. The first-order valence-corrected chi connectivity index (χ1v) is 11.8. The summed E-state index contributed by atoms with van der Waals surface area (Å²) in [7, 11) is 0. The Morgan fingerprint density at radius 3 is 2.52 bits per heavy atom. The Balaban J connectivity index is 1.41. The molecular formula is C26H31N3O4. The third-order valence-electron chi connectivity index (χ3n) is 6.38. The second-order valence-electron chi connectivity index (χ2n) is 8.56. The molecule has 1 fully saturated rings. The lowest BCUT2D eigenvalue weighted by molar-refractivity contribution is -0.137. The Morgan fingerprint density at radius 1 is 1.00 bits per heavy atom. The number of imide groups is 1. The maximum atomic E-state index is 13.2. The number of nitrogens with zero attached hydrogens (tertiary/aromatic N) is 2. The van der Waals surface area contributed by atoms with Crippen molar-refractivity contribution in [2.24, 2.45) is 0 Å². The van der Waals surface area contributed by atoms with Crippen molar-refractivity contribution in [1.82, 2.24) is 9.80 Å². The van der Waals surface area contributed by atoms with Gasteiger partial charge in [-0.3, -0.25) is 14.5 Å². The molecule has 7 heteroatoms. The standard InChI is InChI=1S/C26H31N3O4/c1-2-23(30)33-18-7-3-4-13-27-22-12-11-21-24-19(22)9-8-10-20(24)25(31)29(26(21)32)17-16-28-14-5-6-15-28/h2,8-12,27H,1,3-7,13-18H2. The highest BCUT2D eigenvalue weighted by Crippen LogP contribution is 2.34. The molecule has 2 aromatic rings. The van der Waals surface area contributed by atoms with Crippen LogP contribution in [0.5, 0.6) is 0 Å². The number of rotatable bonds is 11. The number of ether oxygens (including phenoxy) is 1. The molecule has 1 saturated heterocycles. The minimum atomic E-state index is -0.393. The molecule has 4 rings (SSSR count). The van der Waals surface area contributed by atoms with E-state index in [0.717, 1.165) is 61.9 Å². The number of carbonyl (C=O) groups excluding carboxylic acids is 3. The highest BCUT2D eigenvalue weighted by atomic mass is 16.5. The first kappa shape index (κ1) is 23.0. The van der Waals surface area contributed by atoms with Crippen molar-refractivity contribution >= 4 is 34.2 Å². The molecule has 2 aliphatic rings. The van der Waals surface area contributed by atoms with Crippen LogP contribution in [-0.2, 0) is 9.53 Å². The fraction of sp³-hybridized carbons (Fsp3) is 0.423. The predicted octanol–water partition coefficient (Wildman–Crippen LogP) is 3.84. The zero-order valence-corrected chi connectivity index (χ0v) is 19.0. The summed E-state index contributed by atoms with van der Waals surface area (Å²) in [6, 6.07) is 9.42. The quantitative estimate of drug-likeness (QED) is 0.243. The van der Waals surface area contributed by atoms with E-state index in [9.17, 15) is 14.4 Å². The van der Waals surface area contributed by atoms with E-state index in [-0.39, 0.29) is 11.8 Å². The minimum absolute atomic E-state index is 0.205. The van der Waals surface area contributed by atoms with Crippen LogP contribution < -0.4 is 5.32 Å². The molecule has 2 amide bonds. The molecule has 7 nitrogen and oxygen atoms in total. The van der Waals surface area contributed by atoms with E-state index in [2.05, 4.69) is 16.8 Å². The van der Waals surface area contributed by atoms with Crippen LogP contribution in [-0.4, -0.2) is 66.9 Å². The van der Waals surface area contributed by atoms with E-state index >= 15 is 0 Å². The molecule has 0 aliphatic carbocycles. The van der Waals surface area contributed by atoms with Crippen LogP contribution in [0.1, 0.15) is 52.8 Å². The van der Waals surface area contributed by atoms with E-state index in [1.807, 2.05) is 30.3 Å². The number of hydrogen-bond acceptors (Lipinski definition) is 6. The second kappa shape index (κ2) is 10.6. The number of amides is 2. The van der Waals surface area contributed by atoms with Crippen LogP contribution in [0.4, 0.5) is 5.69 Å². The largest absolute Gasteiger partial charge is 0.463 e. The molecule has 0 aromatic heterocycles. The molecule has 2 aliphatic heterocycles. The van der Waals surface area contributed by atoms with Crippen LogP contribution in [0.2, 0.25) is 0 Å². The number of nitrogens with one attached hydrogen (secondary N) is 1. The van der Waals surface area contributed by atoms with Gasteiger partial charge < -0.3 is 15.0 Å². The molecule has 33 heavy (non-hydrogen) atoms. The van der Waals surface area contributed by atoms with Crippen molar-refractivity contribution in [2.45, 2.75) is 32.1 Å². The smallest absolute Gasteiger partial charge is 0.330 e. The molecule has 2 heterocycles. The Morgan fingerprint density at radius 2 is 1.76 bits per heavy atom. The summed E-state index contributed by atoms with van der Waals surface area (Å²) in [5.74, 6) is -0.803. The first-order valence-electron chi connectivity index (χ1n) is 11.8. The van der Waals surface area contributed by atoms with Gasteiger partial charge in [0.2, 0.25) is 0 Å². The van der Waals surface area contributed by atoms with Gasteiger partial charge in [-0.1, -0.05) is 18.7 Å². The van der Waals surface area contributed by atoms with Gasteiger partial charge in [0.15, 0.2) is 0 Å². The number of esters is 1. The van der Waals surface area contributed by atoms with Gasteiger partial charge in [-0.25, -0.2) is 4.79 Å². The fourth-order valence-corrected chi connectivity index (χ4v) is 4.61. The lowest BCUT2D eigenvalue weighted by Crippen LogP contribution is -2.44. The van der Waals surface area contributed by atoms with E-state index in [1.54, 1.807) is 0 Å². The molecule has 2 aromatic carbocycles.